The van der Waals surface area contributed by atoms with Crippen LogP contribution in [0.15, 0.2) is 48.8 Å². The number of amides is 1. The van der Waals surface area contributed by atoms with Gasteiger partial charge in [0.15, 0.2) is 0 Å². The van der Waals surface area contributed by atoms with E-state index in [2.05, 4.69) is 4.98 Å². The molecule has 1 aromatic carbocycles. The second-order valence-electron chi connectivity index (χ2n) is 3.15. The first kappa shape index (κ1) is 15.4. The molecule has 0 bridgehead atoms. The summed E-state index contributed by atoms with van der Waals surface area (Å²) in [6.45, 7) is 0. The molecule has 0 unspecified atom stereocenters. The average Bonchev–Trinajstić information content (AvgIpc) is 2.30. The maximum atomic E-state index is 11.2. The van der Waals surface area contributed by atoms with Gasteiger partial charge in [-0.25, -0.2) is 0 Å². The number of carbonyl (C=O) groups excluding carboxylic acids is 1. The van der Waals surface area contributed by atoms with Crippen LogP contribution in [0.2, 0.25) is 0 Å². The summed E-state index contributed by atoms with van der Waals surface area (Å²) in [5.74, 6) is -0.422. The molecule has 1 amide bonds. The molecule has 2 N–H and O–H groups in total. The van der Waals surface area contributed by atoms with Gasteiger partial charge in [-0.2, -0.15) is 0 Å². The van der Waals surface area contributed by atoms with Crippen LogP contribution >= 0.6 is 24.8 Å². The van der Waals surface area contributed by atoms with Crippen LogP contribution in [-0.2, 0) is 0 Å². The quantitative estimate of drug-likeness (QED) is 0.912. The summed E-state index contributed by atoms with van der Waals surface area (Å²) in [6.07, 6.45) is 3.40. The zero-order chi connectivity index (χ0) is 10.7. The maximum Gasteiger partial charge on any atom is 0.249 e. The van der Waals surface area contributed by atoms with E-state index in [1.165, 1.54) is 0 Å². The monoisotopic (exact) mass is 270 g/mol. The van der Waals surface area contributed by atoms with Gasteiger partial charge in [0.05, 0.1) is 0 Å². The third-order valence-electron chi connectivity index (χ3n) is 2.17. The zero-order valence-corrected chi connectivity index (χ0v) is 10.5. The molecule has 0 fully saturated rings. The van der Waals surface area contributed by atoms with Crippen molar-refractivity contribution < 1.29 is 4.79 Å². The van der Waals surface area contributed by atoms with Crippen molar-refractivity contribution in [2.24, 2.45) is 5.73 Å². The summed E-state index contributed by atoms with van der Waals surface area (Å²) in [4.78, 5) is 15.2. The molecule has 2 rings (SSSR count). The first-order valence-electron chi connectivity index (χ1n) is 4.58. The van der Waals surface area contributed by atoms with Gasteiger partial charge in [-0.1, -0.05) is 24.3 Å². The van der Waals surface area contributed by atoms with Crippen molar-refractivity contribution >= 4 is 30.7 Å². The molecule has 1 heterocycles. The average molecular weight is 271 g/mol. The van der Waals surface area contributed by atoms with Crippen LogP contribution in [0.5, 0.6) is 0 Å². The minimum absolute atomic E-state index is 0. The number of pyridine rings is 1. The van der Waals surface area contributed by atoms with Crippen LogP contribution < -0.4 is 5.73 Å². The van der Waals surface area contributed by atoms with E-state index in [0.29, 0.717) is 5.56 Å². The molecule has 0 saturated heterocycles. The Morgan fingerprint density at radius 1 is 1.06 bits per heavy atom. The maximum absolute atomic E-state index is 11.2. The van der Waals surface area contributed by atoms with Gasteiger partial charge < -0.3 is 5.73 Å². The molecule has 0 aliphatic carbocycles. The molecule has 0 atom stereocenters. The largest absolute Gasteiger partial charge is 0.366 e. The number of rotatable bonds is 2. The molecular weight excluding hydrogens is 259 g/mol. The smallest absolute Gasteiger partial charge is 0.249 e. The van der Waals surface area contributed by atoms with Crippen molar-refractivity contribution in [1.29, 1.82) is 0 Å². The van der Waals surface area contributed by atoms with Crippen molar-refractivity contribution in [3.05, 3.63) is 54.4 Å². The number of halogens is 2. The SMILES string of the molecule is Cl.Cl.NC(=O)c1ccccc1-c1cccnc1. The van der Waals surface area contributed by atoms with Crippen LogP contribution in [-0.4, -0.2) is 10.9 Å². The molecule has 0 saturated carbocycles. The van der Waals surface area contributed by atoms with Crippen molar-refractivity contribution in [1.82, 2.24) is 4.98 Å². The van der Waals surface area contributed by atoms with E-state index in [1.807, 2.05) is 24.3 Å². The summed E-state index contributed by atoms with van der Waals surface area (Å²) >= 11 is 0. The predicted molar refractivity (Wildman–Crippen MR) is 72.7 cm³/mol. The molecule has 5 heteroatoms. The van der Waals surface area contributed by atoms with E-state index < -0.39 is 5.91 Å². The third-order valence-corrected chi connectivity index (χ3v) is 2.17. The van der Waals surface area contributed by atoms with Gasteiger partial charge in [-0.05, 0) is 17.7 Å². The molecule has 0 radical (unpaired) electrons. The number of nitrogens with zero attached hydrogens (tertiary/aromatic N) is 1. The Morgan fingerprint density at radius 2 is 1.76 bits per heavy atom. The first-order chi connectivity index (χ1) is 7.29. The molecule has 0 spiro atoms. The van der Waals surface area contributed by atoms with Crippen molar-refractivity contribution in [3.63, 3.8) is 0 Å². The number of hydrogen-bond donors (Lipinski definition) is 1. The highest BCUT2D eigenvalue weighted by Gasteiger charge is 2.08. The van der Waals surface area contributed by atoms with Gasteiger partial charge in [0, 0.05) is 23.5 Å². The van der Waals surface area contributed by atoms with Crippen LogP contribution in [0.4, 0.5) is 0 Å². The van der Waals surface area contributed by atoms with Crippen molar-refractivity contribution in [2.75, 3.05) is 0 Å². The number of hydrogen-bond acceptors (Lipinski definition) is 2. The van der Waals surface area contributed by atoms with E-state index in [0.717, 1.165) is 11.1 Å². The van der Waals surface area contributed by atoms with Gasteiger partial charge in [0.25, 0.3) is 0 Å². The van der Waals surface area contributed by atoms with E-state index in [1.54, 1.807) is 24.5 Å². The van der Waals surface area contributed by atoms with E-state index in [-0.39, 0.29) is 24.8 Å². The Labute approximate surface area is 112 Å². The summed E-state index contributed by atoms with van der Waals surface area (Å²) in [6, 6.07) is 11.0. The fraction of sp³-hybridized carbons (Fsp3) is 0. The number of carbonyl (C=O) groups is 1. The Hall–Kier alpha value is -1.58. The van der Waals surface area contributed by atoms with Gasteiger partial charge in [0.1, 0.15) is 0 Å². The zero-order valence-electron chi connectivity index (χ0n) is 8.87. The van der Waals surface area contributed by atoms with E-state index >= 15 is 0 Å². The minimum atomic E-state index is -0.422. The Balaban J connectivity index is 0.00000128. The standard InChI is InChI=1S/C12H10N2O.2ClH/c13-12(15)11-6-2-1-5-10(11)9-4-3-7-14-8-9;;/h1-8H,(H2,13,15);2*1H. The fourth-order valence-electron chi connectivity index (χ4n) is 1.47. The van der Waals surface area contributed by atoms with Gasteiger partial charge in [-0.3, -0.25) is 9.78 Å². The number of aromatic nitrogens is 1. The van der Waals surface area contributed by atoms with Crippen molar-refractivity contribution in [3.8, 4) is 11.1 Å². The van der Waals surface area contributed by atoms with Crippen LogP contribution in [0.1, 0.15) is 10.4 Å². The van der Waals surface area contributed by atoms with E-state index in [4.69, 9.17) is 5.73 Å². The summed E-state index contributed by atoms with van der Waals surface area (Å²) in [5, 5.41) is 0. The molecule has 17 heavy (non-hydrogen) atoms. The molecule has 0 aliphatic heterocycles. The highest BCUT2D eigenvalue weighted by atomic mass is 35.5. The topological polar surface area (TPSA) is 56.0 Å². The van der Waals surface area contributed by atoms with Crippen LogP contribution in [0.3, 0.4) is 0 Å². The lowest BCUT2D eigenvalue weighted by Crippen LogP contribution is -2.12. The normalized spacial score (nSPS) is 8.71. The molecule has 3 nitrogen and oxygen atoms in total. The lowest BCUT2D eigenvalue weighted by Gasteiger charge is -2.05. The number of primary amides is 1. The number of benzene rings is 1. The highest BCUT2D eigenvalue weighted by Crippen LogP contribution is 2.21. The molecular formula is C12H12Cl2N2O. The van der Waals surface area contributed by atoms with E-state index in [9.17, 15) is 4.79 Å². The van der Waals surface area contributed by atoms with Gasteiger partial charge in [0.2, 0.25) is 5.91 Å². The van der Waals surface area contributed by atoms with Crippen LogP contribution in [0, 0.1) is 0 Å². The summed E-state index contributed by atoms with van der Waals surface area (Å²) in [5.41, 5.74) is 7.52. The Kier molecular flexibility index (Phi) is 6.25. The van der Waals surface area contributed by atoms with Crippen LogP contribution in [0.25, 0.3) is 11.1 Å². The van der Waals surface area contributed by atoms with Gasteiger partial charge >= 0.3 is 0 Å². The molecule has 90 valence electrons. The summed E-state index contributed by atoms with van der Waals surface area (Å²) in [7, 11) is 0. The Morgan fingerprint density at radius 3 is 2.35 bits per heavy atom. The Bertz CT molecular complexity index is 489. The lowest BCUT2D eigenvalue weighted by molar-refractivity contribution is 0.100. The highest BCUT2D eigenvalue weighted by molar-refractivity contribution is 5.99. The number of nitrogens with two attached hydrogens (primary N) is 1. The van der Waals surface area contributed by atoms with Crippen molar-refractivity contribution in [2.45, 2.75) is 0 Å². The fourth-order valence-corrected chi connectivity index (χ4v) is 1.47. The lowest BCUT2D eigenvalue weighted by atomic mass is 10.0. The second-order valence-corrected chi connectivity index (χ2v) is 3.15. The molecule has 1 aromatic heterocycles. The molecule has 0 aliphatic rings. The van der Waals surface area contributed by atoms with Gasteiger partial charge in [-0.15, -0.1) is 24.8 Å². The first-order valence-corrected chi connectivity index (χ1v) is 4.58. The predicted octanol–water partition coefficient (Wildman–Crippen LogP) is 2.69. The third kappa shape index (κ3) is 3.44. The molecule has 2 aromatic rings. The summed E-state index contributed by atoms with van der Waals surface area (Å²) < 4.78 is 0. The second kappa shape index (κ2) is 6.89. The minimum Gasteiger partial charge on any atom is -0.366 e.